The summed E-state index contributed by atoms with van der Waals surface area (Å²) in [5, 5.41) is 8.02. The van der Waals surface area contributed by atoms with E-state index in [4.69, 9.17) is 0 Å². The Morgan fingerprint density at radius 3 is 2.42 bits per heavy atom. The van der Waals surface area contributed by atoms with Gasteiger partial charge in [0, 0.05) is 12.5 Å². The molecule has 0 bridgehead atoms. The molecule has 6 nitrogen and oxygen atoms in total. The smallest absolute Gasteiger partial charge is 0.222 e. The van der Waals surface area contributed by atoms with Crippen molar-refractivity contribution < 1.29 is 9.18 Å². The fraction of sp³-hybridized carbons (Fsp3) is 0.294. The molecule has 0 aliphatic rings. The molecule has 0 unspecified atom stereocenters. The first kappa shape index (κ1) is 16.0. The molecule has 2 heterocycles. The van der Waals surface area contributed by atoms with Gasteiger partial charge in [-0.15, -0.1) is 0 Å². The number of nitrogens with one attached hydrogen (secondary N) is 1. The van der Waals surface area contributed by atoms with Gasteiger partial charge in [0.1, 0.15) is 23.7 Å². The molecule has 3 rings (SSSR count). The van der Waals surface area contributed by atoms with Crippen LogP contribution in [0.25, 0.3) is 22.3 Å². The third-order valence-corrected chi connectivity index (χ3v) is 3.51. The van der Waals surface area contributed by atoms with E-state index in [1.54, 1.807) is 16.8 Å². The predicted molar refractivity (Wildman–Crippen MR) is 90.0 cm³/mol. The Hall–Kier alpha value is -2.83. The highest BCUT2D eigenvalue weighted by Crippen LogP contribution is 2.33. The summed E-state index contributed by atoms with van der Waals surface area (Å²) in [6, 6.07) is 6.04. The number of benzene rings is 1. The fourth-order valence-electron chi connectivity index (χ4n) is 2.49. The second-order valence-electron chi connectivity index (χ2n) is 6.54. The number of halogens is 1. The molecule has 0 atom stereocenters. The minimum Gasteiger partial charge on any atom is -0.310 e. The van der Waals surface area contributed by atoms with Gasteiger partial charge in [0.25, 0.3) is 0 Å². The number of hydrogen-bond acceptors (Lipinski definition) is 4. The van der Waals surface area contributed by atoms with Crippen molar-refractivity contribution in [3.63, 3.8) is 0 Å². The number of rotatable bonds is 2. The Bertz CT molecular complexity index is 909. The molecule has 0 aliphatic heterocycles. The van der Waals surface area contributed by atoms with Crippen LogP contribution in [0.3, 0.4) is 0 Å². The summed E-state index contributed by atoms with van der Waals surface area (Å²) in [6.07, 6.45) is 1.39. The lowest BCUT2D eigenvalue weighted by atomic mass is 10.1. The van der Waals surface area contributed by atoms with Gasteiger partial charge in [0.2, 0.25) is 5.91 Å². The predicted octanol–water partition coefficient (Wildman–Crippen LogP) is 3.35. The van der Waals surface area contributed by atoms with Crippen molar-refractivity contribution in [2.24, 2.45) is 0 Å². The second kappa shape index (κ2) is 5.67. The van der Waals surface area contributed by atoms with Crippen molar-refractivity contribution in [1.82, 2.24) is 19.7 Å². The first-order chi connectivity index (χ1) is 11.3. The van der Waals surface area contributed by atoms with Crippen molar-refractivity contribution in [1.29, 1.82) is 0 Å². The molecule has 7 heteroatoms. The summed E-state index contributed by atoms with van der Waals surface area (Å²) in [7, 11) is 0. The molecule has 3 aromatic rings. The van der Waals surface area contributed by atoms with Crippen LogP contribution in [0.5, 0.6) is 0 Å². The van der Waals surface area contributed by atoms with Crippen molar-refractivity contribution in [3.8, 4) is 11.3 Å². The highest BCUT2D eigenvalue weighted by molar-refractivity contribution is 6.04. The minimum absolute atomic E-state index is 0.233. The van der Waals surface area contributed by atoms with Gasteiger partial charge in [-0.05, 0) is 45.0 Å². The molecule has 0 saturated carbocycles. The van der Waals surface area contributed by atoms with Gasteiger partial charge >= 0.3 is 0 Å². The maximum absolute atomic E-state index is 13.3. The standard InChI is InChI=1S/C17H18FN5O/c1-10(24)21-15-13-14(11-5-7-12(18)8-6-11)22-23(17(2,3)4)16(13)20-9-19-15/h5-9H,1-4H3,(H,19,20,21,24). The lowest BCUT2D eigenvalue weighted by Crippen LogP contribution is -2.23. The molecule has 0 spiro atoms. The Morgan fingerprint density at radius 1 is 1.17 bits per heavy atom. The summed E-state index contributed by atoms with van der Waals surface area (Å²) in [6.45, 7) is 7.44. The molecule has 1 aromatic carbocycles. The molecule has 1 amide bonds. The zero-order valence-electron chi connectivity index (χ0n) is 14.0. The molecule has 24 heavy (non-hydrogen) atoms. The van der Waals surface area contributed by atoms with Gasteiger partial charge in [0.05, 0.1) is 10.9 Å². The molecule has 1 N–H and O–H groups in total. The van der Waals surface area contributed by atoms with Crippen molar-refractivity contribution in [3.05, 3.63) is 36.4 Å². The Kier molecular flexibility index (Phi) is 3.79. The summed E-state index contributed by atoms with van der Waals surface area (Å²) < 4.78 is 15.0. The lowest BCUT2D eigenvalue weighted by Gasteiger charge is -2.19. The van der Waals surface area contributed by atoms with Crippen LogP contribution in [-0.4, -0.2) is 25.7 Å². The number of fused-ring (bicyclic) bond motifs is 1. The summed E-state index contributed by atoms with van der Waals surface area (Å²) in [5.41, 5.74) is 1.62. The summed E-state index contributed by atoms with van der Waals surface area (Å²) in [5.74, 6) is -0.164. The fourth-order valence-corrected chi connectivity index (χ4v) is 2.49. The topological polar surface area (TPSA) is 72.7 Å². The van der Waals surface area contributed by atoms with Crippen LogP contribution >= 0.6 is 0 Å². The average Bonchev–Trinajstić information content (AvgIpc) is 2.88. The van der Waals surface area contributed by atoms with Crippen molar-refractivity contribution in [2.75, 3.05) is 5.32 Å². The second-order valence-corrected chi connectivity index (χ2v) is 6.54. The van der Waals surface area contributed by atoms with Gasteiger partial charge in [-0.1, -0.05) is 0 Å². The zero-order valence-corrected chi connectivity index (χ0v) is 14.0. The highest BCUT2D eigenvalue weighted by atomic mass is 19.1. The number of nitrogens with zero attached hydrogens (tertiary/aromatic N) is 4. The Balaban J connectivity index is 2.34. The van der Waals surface area contributed by atoms with E-state index in [1.165, 1.54) is 25.4 Å². The highest BCUT2D eigenvalue weighted by Gasteiger charge is 2.24. The molecule has 2 aromatic heterocycles. The minimum atomic E-state index is -0.323. The third kappa shape index (κ3) is 2.84. The van der Waals surface area contributed by atoms with E-state index in [0.29, 0.717) is 22.5 Å². The summed E-state index contributed by atoms with van der Waals surface area (Å²) in [4.78, 5) is 20.0. The normalized spacial score (nSPS) is 11.7. The lowest BCUT2D eigenvalue weighted by molar-refractivity contribution is -0.114. The van der Waals surface area contributed by atoms with Crippen LogP contribution < -0.4 is 5.32 Å². The van der Waals surface area contributed by atoms with Gasteiger partial charge in [-0.2, -0.15) is 5.10 Å². The maximum Gasteiger partial charge on any atom is 0.222 e. The van der Waals surface area contributed by atoms with Gasteiger partial charge in [-0.25, -0.2) is 19.0 Å². The Labute approximate surface area is 138 Å². The average molecular weight is 327 g/mol. The summed E-state index contributed by atoms with van der Waals surface area (Å²) >= 11 is 0. The van der Waals surface area contributed by atoms with E-state index in [-0.39, 0.29) is 17.3 Å². The number of aromatic nitrogens is 4. The van der Waals surface area contributed by atoms with E-state index in [0.717, 1.165) is 5.56 Å². The van der Waals surface area contributed by atoms with Gasteiger partial charge in [0.15, 0.2) is 5.65 Å². The molecule has 124 valence electrons. The van der Waals surface area contributed by atoms with Crippen LogP contribution in [0, 0.1) is 5.82 Å². The van der Waals surface area contributed by atoms with Crippen LogP contribution in [0.15, 0.2) is 30.6 Å². The van der Waals surface area contributed by atoms with E-state index in [2.05, 4.69) is 20.4 Å². The number of carbonyl (C=O) groups excluding carboxylic acids is 1. The molecule has 0 radical (unpaired) electrons. The van der Waals surface area contributed by atoms with Gasteiger partial charge in [-0.3, -0.25) is 4.79 Å². The van der Waals surface area contributed by atoms with Crippen LogP contribution in [-0.2, 0) is 10.3 Å². The van der Waals surface area contributed by atoms with E-state index in [9.17, 15) is 9.18 Å². The number of carbonyl (C=O) groups is 1. The first-order valence-corrected chi connectivity index (χ1v) is 7.55. The largest absolute Gasteiger partial charge is 0.310 e. The number of anilines is 1. The molecule has 0 aliphatic carbocycles. The number of hydrogen-bond donors (Lipinski definition) is 1. The van der Waals surface area contributed by atoms with E-state index >= 15 is 0 Å². The molecule has 0 saturated heterocycles. The molecule has 0 fully saturated rings. The maximum atomic E-state index is 13.3. The quantitative estimate of drug-likeness (QED) is 0.783. The SMILES string of the molecule is CC(=O)Nc1ncnc2c1c(-c1ccc(F)cc1)nn2C(C)(C)C. The van der Waals surface area contributed by atoms with Crippen LogP contribution in [0.2, 0.25) is 0 Å². The van der Waals surface area contributed by atoms with E-state index < -0.39 is 0 Å². The molecular formula is C17H18FN5O. The first-order valence-electron chi connectivity index (χ1n) is 7.55. The van der Waals surface area contributed by atoms with Gasteiger partial charge < -0.3 is 5.32 Å². The number of amides is 1. The Morgan fingerprint density at radius 2 is 1.83 bits per heavy atom. The molecular weight excluding hydrogens is 309 g/mol. The third-order valence-electron chi connectivity index (χ3n) is 3.51. The van der Waals surface area contributed by atoms with Crippen LogP contribution in [0.1, 0.15) is 27.7 Å². The van der Waals surface area contributed by atoms with Crippen molar-refractivity contribution in [2.45, 2.75) is 33.2 Å². The monoisotopic (exact) mass is 327 g/mol. The van der Waals surface area contributed by atoms with Crippen molar-refractivity contribution >= 4 is 22.8 Å². The van der Waals surface area contributed by atoms with E-state index in [1.807, 2.05) is 20.8 Å². The zero-order chi connectivity index (χ0) is 17.5. The van der Waals surface area contributed by atoms with Crippen LogP contribution in [0.4, 0.5) is 10.2 Å².